The van der Waals surface area contributed by atoms with E-state index in [4.69, 9.17) is 10.2 Å². The van der Waals surface area contributed by atoms with Gasteiger partial charge in [-0.25, -0.2) is 0 Å². The van der Waals surface area contributed by atoms with Crippen molar-refractivity contribution in [1.29, 1.82) is 0 Å². The molecule has 0 radical (unpaired) electrons. The highest BCUT2D eigenvalue weighted by Crippen LogP contribution is 2.48. The van der Waals surface area contributed by atoms with Crippen LogP contribution in [0.15, 0.2) is 28.0 Å². The van der Waals surface area contributed by atoms with Gasteiger partial charge in [0.05, 0.1) is 12.6 Å². The Balaban J connectivity index is 1.66. The van der Waals surface area contributed by atoms with E-state index in [1.807, 2.05) is 16.2 Å². The topological polar surface area (TPSA) is 59.5 Å². The van der Waals surface area contributed by atoms with Crippen LogP contribution < -0.4 is 5.73 Å². The molecule has 0 saturated heterocycles. The number of amides is 1. The van der Waals surface area contributed by atoms with Crippen molar-refractivity contribution in [1.82, 2.24) is 4.90 Å². The molecule has 1 aliphatic heterocycles. The van der Waals surface area contributed by atoms with E-state index in [9.17, 15) is 4.79 Å². The van der Waals surface area contributed by atoms with Gasteiger partial charge in [0.2, 0.25) is 0 Å². The van der Waals surface area contributed by atoms with E-state index in [0.717, 1.165) is 13.0 Å². The van der Waals surface area contributed by atoms with E-state index < -0.39 is 0 Å². The number of nitrogens with two attached hydrogens (primary N) is 1. The fourth-order valence-corrected chi connectivity index (χ4v) is 4.15. The van der Waals surface area contributed by atoms with Crippen LogP contribution in [0.5, 0.6) is 0 Å². The maximum atomic E-state index is 12.8. The molecule has 1 amide bonds. The number of hydrogen-bond donors (Lipinski definition) is 1. The molecule has 2 N–H and O–H groups in total. The lowest BCUT2D eigenvalue weighted by Gasteiger charge is -2.35. The fraction of sp³-hybridized carbons (Fsp3) is 0.438. The zero-order valence-corrected chi connectivity index (χ0v) is 12.6. The zero-order chi connectivity index (χ0) is 14.4. The number of carbonyl (C=O) groups is 1. The third-order valence-electron chi connectivity index (χ3n) is 4.42. The van der Waals surface area contributed by atoms with Crippen LogP contribution >= 0.6 is 11.3 Å². The van der Waals surface area contributed by atoms with Crippen LogP contribution in [0.4, 0.5) is 0 Å². The fourth-order valence-electron chi connectivity index (χ4n) is 3.24. The van der Waals surface area contributed by atoms with Crippen LogP contribution in [-0.2, 0) is 13.0 Å². The van der Waals surface area contributed by atoms with Crippen molar-refractivity contribution < 1.29 is 9.21 Å². The summed E-state index contributed by atoms with van der Waals surface area (Å²) in [5, 5.41) is 2.15. The van der Waals surface area contributed by atoms with E-state index in [0.29, 0.717) is 24.0 Å². The van der Waals surface area contributed by atoms with E-state index >= 15 is 0 Å². The molecule has 0 spiro atoms. The lowest BCUT2D eigenvalue weighted by atomic mass is 9.95. The predicted octanol–water partition coefficient (Wildman–Crippen LogP) is 2.95. The van der Waals surface area contributed by atoms with Gasteiger partial charge in [0.25, 0.3) is 5.91 Å². The minimum atomic E-state index is 0.00319. The maximum Gasteiger partial charge on any atom is 0.290 e. The van der Waals surface area contributed by atoms with E-state index in [1.165, 1.54) is 23.3 Å². The maximum absolute atomic E-state index is 12.8. The molecule has 1 saturated carbocycles. The molecule has 2 aromatic rings. The third-order valence-corrected chi connectivity index (χ3v) is 5.41. The Morgan fingerprint density at radius 2 is 2.24 bits per heavy atom. The van der Waals surface area contributed by atoms with Crippen molar-refractivity contribution in [3.05, 3.63) is 45.5 Å². The molecule has 0 aromatic carbocycles. The average molecular weight is 302 g/mol. The molecule has 1 fully saturated rings. The summed E-state index contributed by atoms with van der Waals surface area (Å²) in [7, 11) is 0. The van der Waals surface area contributed by atoms with Crippen LogP contribution in [-0.4, -0.2) is 17.4 Å². The quantitative estimate of drug-likeness (QED) is 0.948. The van der Waals surface area contributed by atoms with Crippen LogP contribution in [0.2, 0.25) is 0 Å². The normalized spacial score (nSPS) is 21.4. The molecule has 1 aliphatic carbocycles. The molecule has 0 bridgehead atoms. The van der Waals surface area contributed by atoms with E-state index in [-0.39, 0.29) is 11.9 Å². The summed E-state index contributed by atoms with van der Waals surface area (Å²) in [6.07, 6.45) is 3.39. The van der Waals surface area contributed by atoms with Crippen LogP contribution in [0.1, 0.15) is 45.6 Å². The molecule has 4 rings (SSSR count). The van der Waals surface area contributed by atoms with Crippen molar-refractivity contribution >= 4 is 17.2 Å². The van der Waals surface area contributed by atoms with Gasteiger partial charge in [-0.2, -0.15) is 0 Å². The average Bonchev–Trinajstić information content (AvgIpc) is 3.04. The molecule has 110 valence electrons. The number of fused-ring (bicyclic) bond motifs is 1. The Morgan fingerprint density at radius 3 is 2.95 bits per heavy atom. The molecule has 21 heavy (non-hydrogen) atoms. The van der Waals surface area contributed by atoms with Crippen LogP contribution in [0, 0.1) is 5.92 Å². The summed E-state index contributed by atoms with van der Waals surface area (Å²) in [5.74, 6) is 1.70. The zero-order valence-electron chi connectivity index (χ0n) is 11.7. The molecule has 5 heteroatoms. The minimum Gasteiger partial charge on any atom is -0.455 e. The number of hydrogen-bond acceptors (Lipinski definition) is 4. The summed E-state index contributed by atoms with van der Waals surface area (Å²) in [6.45, 7) is 1.11. The molecular weight excluding hydrogens is 284 g/mol. The number of carbonyl (C=O) groups excluding carboxylic acids is 1. The first kappa shape index (κ1) is 13.1. The van der Waals surface area contributed by atoms with Crippen LogP contribution in [0.25, 0.3) is 0 Å². The smallest absolute Gasteiger partial charge is 0.290 e. The highest BCUT2D eigenvalue weighted by molar-refractivity contribution is 7.10. The summed E-state index contributed by atoms with van der Waals surface area (Å²) in [5.41, 5.74) is 6.91. The van der Waals surface area contributed by atoms with Crippen LogP contribution in [0.3, 0.4) is 0 Å². The first-order valence-electron chi connectivity index (χ1n) is 7.44. The molecule has 1 unspecified atom stereocenters. The van der Waals surface area contributed by atoms with Gasteiger partial charge in [0.1, 0.15) is 5.76 Å². The molecule has 3 heterocycles. The number of nitrogens with zero attached hydrogens (tertiary/aromatic N) is 1. The Bertz CT molecular complexity index is 671. The highest BCUT2D eigenvalue weighted by atomic mass is 32.1. The highest BCUT2D eigenvalue weighted by Gasteiger charge is 2.42. The molecular formula is C16H18N2O2S. The van der Waals surface area contributed by atoms with Gasteiger partial charge in [0.15, 0.2) is 5.76 Å². The van der Waals surface area contributed by atoms with Gasteiger partial charge in [0, 0.05) is 11.4 Å². The van der Waals surface area contributed by atoms with Gasteiger partial charge in [-0.1, -0.05) is 0 Å². The lowest BCUT2D eigenvalue weighted by Crippen LogP contribution is -2.40. The molecule has 2 aromatic heterocycles. The second kappa shape index (κ2) is 5.00. The lowest BCUT2D eigenvalue weighted by molar-refractivity contribution is 0.0602. The van der Waals surface area contributed by atoms with Gasteiger partial charge in [-0.3, -0.25) is 4.79 Å². The Hall–Kier alpha value is -1.59. The standard InChI is InChI=1S/C16H18N2O2S/c17-9-11-3-4-13(20-11)16(19)18-7-5-14-12(6-8-21-14)15(18)10-1-2-10/h3-4,6,8,10,15H,1-2,5,7,9,17H2. The molecule has 2 aliphatic rings. The molecule has 1 atom stereocenters. The van der Waals surface area contributed by atoms with Crippen molar-refractivity contribution in [3.63, 3.8) is 0 Å². The first-order chi connectivity index (χ1) is 10.3. The van der Waals surface area contributed by atoms with Gasteiger partial charge >= 0.3 is 0 Å². The SMILES string of the molecule is NCc1ccc(C(=O)N2CCc3sccc3C2C2CC2)o1. The first-order valence-corrected chi connectivity index (χ1v) is 8.32. The number of furan rings is 1. The number of thiophene rings is 1. The third kappa shape index (κ3) is 2.21. The van der Waals surface area contributed by atoms with Gasteiger partial charge in [-0.05, 0) is 54.3 Å². The van der Waals surface area contributed by atoms with Crippen molar-refractivity contribution in [2.24, 2.45) is 11.7 Å². The predicted molar refractivity (Wildman–Crippen MR) is 81.1 cm³/mol. The van der Waals surface area contributed by atoms with Crippen molar-refractivity contribution in [2.45, 2.75) is 31.8 Å². The summed E-state index contributed by atoms with van der Waals surface area (Å²) in [4.78, 5) is 16.2. The Kier molecular flexibility index (Phi) is 3.12. The summed E-state index contributed by atoms with van der Waals surface area (Å²) >= 11 is 1.81. The molecule has 4 nitrogen and oxygen atoms in total. The Morgan fingerprint density at radius 1 is 1.38 bits per heavy atom. The van der Waals surface area contributed by atoms with Crippen molar-refractivity contribution in [3.8, 4) is 0 Å². The largest absolute Gasteiger partial charge is 0.455 e. The minimum absolute atomic E-state index is 0.00319. The second-order valence-electron chi connectivity index (χ2n) is 5.80. The van der Waals surface area contributed by atoms with Gasteiger partial charge in [-0.15, -0.1) is 11.3 Å². The monoisotopic (exact) mass is 302 g/mol. The summed E-state index contributed by atoms with van der Waals surface area (Å²) in [6, 6.07) is 5.96. The second-order valence-corrected chi connectivity index (χ2v) is 6.80. The van der Waals surface area contributed by atoms with Crippen molar-refractivity contribution in [2.75, 3.05) is 6.54 Å². The van der Waals surface area contributed by atoms with Gasteiger partial charge < -0.3 is 15.1 Å². The summed E-state index contributed by atoms with van der Waals surface area (Å²) < 4.78 is 5.55. The Labute approximate surface area is 127 Å². The number of rotatable bonds is 3. The van der Waals surface area contributed by atoms with E-state index in [1.54, 1.807) is 12.1 Å². The van der Waals surface area contributed by atoms with E-state index in [2.05, 4.69) is 11.4 Å².